The van der Waals surface area contributed by atoms with Gasteiger partial charge in [-0.1, -0.05) is 12.1 Å². The van der Waals surface area contributed by atoms with Crippen LogP contribution in [0.4, 0.5) is 9.18 Å². The van der Waals surface area contributed by atoms with Gasteiger partial charge in [-0.05, 0) is 30.5 Å². The van der Waals surface area contributed by atoms with Crippen LogP contribution in [-0.4, -0.2) is 49.9 Å². The van der Waals surface area contributed by atoms with Gasteiger partial charge in [0.2, 0.25) is 0 Å². The van der Waals surface area contributed by atoms with Crippen molar-refractivity contribution in [1.82, 2.24) is 25.0 Å². The zero-order valence-electron chi connectivity index (χ0n) is 14.1. The molecule has 8 nitrogen and oxygen atoms in total. The molecule has 0 spiro atoms. The Morgan fingerprint density at radius 1 is 1.38 bits per heavy atom. The Morgan fingerprint density at radius 2 is 2.23 bits per heavy atom. The van der Waals surface area contributed by atoms with E-state index < -0.39 is 11.9 Å². The number of piperidine rings is 1. The van der Waals surface area contributed by atoms with E-state index in [4.69, 9.17) is 5.11 Å². The van der Waals surface area contributed by atoms with E-state index >= 15 is 0 Å². The number of halogens is 1. The van der Waals surface area contributed by atoms with Crippen LogP contribution in [-0.2, 0) is 17.9 Å². The molecule has 0 saturated carbocycles. The average molecular weight is 361 g/mol. The second kappa shape index (κ2) is 7.94. The minimum absolute atomic E-state index is 0.142. The van der Waals surface area contributed by atoms with Gasteiger partial charge in [0.05, 0.1) is 19.0 Å². The Kier molecular flexibility index (Phi) is 5.45. The molecule has 9 heteroatoms. The molecule has 3 rings (SSSR count). The van der Waals surface area contributed by atoms with Crippen molar-refractivity contribution in [3.8, 4) is 0 Å². The zero-order chi connectivity index (χ0) is 18.5. The lowest BCUT2D eigenvalue weighted by molar-refractivity contribution is -0.143. The summed E-state index contributed by atoms with van der Waals surface area (Å²) in [5.41, 5.74) is 0.763. The van der Waals surface area contributed by atoms with Crippen molar-refractivity contribution in [2.45, 2.75) is 25.9 Å². The summed E-state index contributed by atoms with van der Waals surface area (Å²) in [5, 5.41) is 16.0. The maximum atomic E-state index is 13.2. The summed E-state index contributed by atoms with van der Waals surface area (Å²) in [7, 11) is 0. The molecule has 1 aromatic heterocycles. The van der Waals surface area contributed by atoms with Gasteiger partial charge in [0.1, 0.15) is 12.1 Å². The number of nitrogens with zero attached hydrogens (tertiary/aromatic N) is 4. The molecule has 2 amide bonds. The number of hydrogen-bond donors (Lipinski definition) is 2. The van der Waals surface area contributed by atoms with Crippen LogP contribution in [0.3, 0.4) is 0 Å². The van der Waals surface area contributed by atoms with Gasteiger partial charge < -0.3 is 15.3 Å². The Hall–Kier alpha value is -2.97. The number of carboxylic acid groups (broad SMARTS) is 1. The third-order valence-electron chi connectivity index (χ3n) is 4.27. The highest BCUT2D eigenvalue weighted by atomic mass is 19.1. The Balaban J connectivity index is 1.51. The fraction of sp³-hybridized carbons (Fsp3) is 0.412. The first-order valence-electron chi connectivity index (χ1n) is 8.39. The number of nitrogens with one attached hydrogen (secondary N) is 1. The predicted molar refractivity (Wildman–Crippen MR) is 89.7 cm³/mol. The van der Waals surface area contributed by atoms with Crippen molar-refractivity contribution in [2.75, 3.05) is 13.1 Å². The smallest absolute Gasteiger partial charge is 0.317 e. The molecule has 1 atom stereocenters. The summed E-state index contributed by atoms with van der Waals surface area (Å²) >= 11 is 0. The van der Waals surface area contributed by atoms with Crippen molar-refractivity contribution >= 4 is 12.0 Å². The van der Waals surface area contributed by atoms with Crippen molar-refractivity contribution in [1.29, 1.82) is 0 Å². The van der Waals surface area contributed by atoms with E-state index in [9.17, 15) is 14.0 Å². The number of hydrogen-bond acceptors (Lipinski definition) is 4. The average Bonchev–Trinajstić information content (AvgIpc) is 3.07. The van der Waals surface area contributed by atoms with E-state index in [2.05, 4.69) is 15.4 Å². The number of aliphatic carboxylic acids is 1. The molecule has 0 aliphatic carbocycles. The number of carboxylic acids is 1. The second-order valence-electron chi connectivity index (χ2n) is 6.27. The number of urea groups is 1. The quantitative estimate of drug-likeness (QED) is 0.840. The van der Waals surface area contributed by atoms with Gasteiger partial charge in [-0.2, -0.15) is 5.10 Å². The highest BCUT2D eigenvalue weighted by molar-refractivity contribution is 5.76. The third kappa shape index (κ3) is 4.56. The molecular weight excluding hydrogens is 341 g/mol. The molecule has 26 heavy (non-hydrogen) atoms. The van der Waals surface area contributed by atoms with Gasteiger partial charge in [0.15, 0.2) is 5.82 Å². The van der Waals surface area contributed by atoms with Crippen LogP contribution in [0.2, 0.25) is 0 Å². The normalized spacial score (nSPS) is 17.1. The topological polar surface area (TPSA) is 100 Å². The van der Waals surface area contributed by atoms with Crippen molar-refractivity contribution in [2.24, 2.45) is 5.92 Å². The molecule has 1 saturated heterocycles. The van der Waals surface area contributed by atoms with Crippen LogP contribution < -0.4 is 5.32 Å². The highest BCUT2D eigenvalue weighted by Crippen LogP contribution is 2.16. The minimum Gasteiger partial charge on any atom is -0.481 e. The molecule has 2 N–H and O–H groups in total. The zero-order valence-corrected chi connectivity index (χ0v) is 14.1. The summed E-state index contributed by atoms with van der Waals surface area (Å²) in [6, 6.07) is 5.91. The predicted octanol–water partition coefficient (Wildman–Crippen LogP) is 1.47. The van der Waals surface area contributed by atoms with Crippen LogP contribution in [0.1, 0.15) is 24.2 Å². The molecule has 1 aromatic carbocycles. The Morgan fingerprint density at radius 3 is 3.00 bits per heavy atom. The Labute approximate surface area is 149 Å². The van der Waals surface area contributed by atoms with Crippen molar-refractivity contribution in [3.05, 3.63) is 47.8 Å². The summed E-state index contributed by atoms with van der Waals surface area (Å²) in [5.74, 6) is -1.27. The van der Waals surface area contributed by atoms with E-state index in [-0.39, 0.29) is 24.9 Å². The lowest BCUT2D eigenvalue weighted by atomic mass is 9.99. The molecule has 0 bridgehead atoms. The van der Waals surface area contributed by atoms with E-state index in [0.29, 0.717) is 31.8 Å². The monoisotopic (exact) mass is 361 g/mol. The molecule has 0 radical (unpaired) electrons. The van der Waals surface area contributed by atoms with Gasteiger partial charge in [-0.25, -0.2) is 18.9 Å². The number of rotatable bonds is 5. The van der Waals surface area contributed by atoms with Crippen LogP contribution >= 0.6 is 0 Å². The molecule has 1 aliphatic rings. The number of carbonyl (C=O) groups excluding carboxylic acids is 1. The van der Waals surface area contributed by atoms with Gasteiger partial charge in [0, 0.05) is 13.1 Å². The lowest BCUT2D eigenvalue weighted by Crippen LogP contribution is -2.46. The van der Waals surface area contributed by atoms with Gasteiger partial charge in [0.25, 0.3) is 0 Å². The molecule has 1 aliphatic heterocycles. The fourth-order valence-corrected chi connectivity index (χ4v) is 2.94. The van der Waals surface area contributed by atoms with Gasteiger partial charge in [-0.15, -0.1) is 0 Å². The SMILES string of the molecule is O=C(O)C1CCCN(C(=O)NCc2ncn(Cc3cccc(F)c3)n2)C1. The summed E-state index contributed by atoms with van der Waals surface area (Å²) < 4.78 is 14.8. The van der Waals surface area contributed by atoms with Gasteiger partial charge >= 0.3 is 12.0 Å². The maximum Gasteiger partial charge on any atom is 0.317 e. The number of amides is 2. The molecule has 2 aromatic rings. The first-order valence-corrected chi connectivity index (χ1v) is 8.39. The fourth-order valence-electron chi connectivity index (χ4n) is 2.94. The number of likely N-dealkylation sites (tertiary alicyclic amines) is 1. The molecule has 2 heterocycles. The molecule has 138 valence electrons. The Bertz CT molecular complexity index is 794. The number of carbonyl (C=O) groups is 2. The first-order chi connectivity index (χ1) is 12.5. The minimum atomic E-state index is -0.875. The van der Waals surface area contributed by atoms with Crippen LogP contribution in [0.15, 0.2) is 30.6 Å². The third-order valence-corrected chi connectivity index (χ3v) is 4.27. The molecule has 1 fully saturated rings. The number of benzene rings is 1. The largest absolute Gasteiger partial charge is 0.481 e. The summed E-state index contributed by atoms with van der Waals surface area (Å²) in [4.78, 5) is 28.9. The van der Waals surface area contributed by atoms with Crippen molar-refractivity contribution < 1.29 is 19.1 Å². The second-order valence-corrected chi connectivity index (χ2v) is 6.27. The van der Waals surface area contributed by atoms with Crippen LogP contribution in [0.5, 0.6) is 0 Å². The van der Waals surface area contributed by atoms with Gasteiger partial charge in [-0.3, -0.25) is 4.79 Å². The standard InChI is InChI=1S/C17H20FN5O3/c18-14-5-1-3-12(7-14)9-23-11-20-15(21-23)8-19-17(26)22-6-2-4-13(10-22)16(24)25/h1,3,5,7,11,13H,2,4,6,8-10H2,(H,19,26)(H,24,25). The van der Waals surface area contributed by atoms with E-state index in [1.807, 2.05) is 0 Å². The van der Waals surface area contributed by atoms with E-state index in [1.54, 1.807) is 16.8 Å². The van der Waals surface area contributed by atoms with E-state index in [0.717, 1.165) is 5.56 Å². The maximum absolute atomic E-state index is 13.2. The summed E-state index contributed by atoms with van der Waals surface area (Å²) in [6.45, 7) is 1.27. The van der Waals surface area contributed by atoms with Crippen molar-refractivity contribution in [3.63, 3.8) is 0 Å². The first kappa shape index (κ1) is 17.8. The summed E-state index contributed by atoms with van der Waals surface area (Å²) in [6.07, 6.45) is 2.78. The lowest BCUT2D eigenvalue weighted by Gasteiger charge is -2.30. The van der Waals surface area contributed by atoms with Crippen LogP contribution in [0, 0.1) is 11.7 Å². The molecular formula is C17H20FN5O3. The highest BCUT2D eigenvalue weighted by Gasteiger charge is 2.28. The molecule has 1 unspecified atom stereocenters. The number of aromatic nitrogens is 3. The van der Waals surface area contributed by atoms with E-state index in [1.165, 1.54) is 23.4 Å². The van der Waals surface area contributed by atoms with Crippen LogP contribution in [0.25, 0.3) is 0 Å².